The van der Waals surface area contributed by atoms with Crippen molar-refractivity contribution in [3.8, 4) is 23.3 Å². The van der Waals surface area contributed by atoms with Gasteiger partial charge in [-0.3, -0.25) is 14.5 Å². The van der Waals surface area contributed by atoms with E-state index in [0.29, 0.717) is 23.6 Å². The maximum Gasteiger partial charge on any atom is 0.274 e. The summed E-state index contributed by atoms with van der Waals surface area (Å²) in [5.74, 6) is 7.50. The van der Waals surface area contributed by atoms with E-state index in [-0.39, 0.29) is 11.8 Å². The number of nitrogens with zero attached hydrogens (tertiary/aromatic N) is 1. The normalized spacial score (nSPS) is 25.0. The standard InChI is InChI=1S/C23H24N2O4/c1-28-24-22(26)18-4-8-21(9-5-18)29-20-6-2-17(3-7-20)10-13-23(27)16-25-14-11-19(23)12-15-25/h2-9,19,27H,11-12,14-16H2,1H3,(H,24,26)/t23-/m0/s1. The number of hydrogen-bond acceptors (Lipinski definition) is 5. The van der Waals surface area contributed by atoms with Crippen molar-refractivity contribution in [2.75, 3.05) is 26.7 Å². The van der Waals surface area contributed by atoms with Crippen LogP contribution < -0.4 is 10.2 Å². The number of rotatable bonds is 4. The molecule has 0 unspecified atom stereocenters. The average Bonchev–Trinajstić information content (AvgIpc) is 2.75. The summed E-state index contributed by atoms with van der Waals surface area (Å²) >= 11 is 0. The van der Waals surface area contributed by atoms with Crippen molar-refractivity contribution < 1.29 is 19.5 Å². The molecule has 0 spiro atoms. The van der Waals surface area contributed by atoms with Crippen molar-refractivity contribution >= 4 is 5.91 Å². The van der Waals surface area contributed by atoms with Gasteiger partial charge in [0, 0.05) is 23.6 Å². The third-order valence-corrected chi connectivity index (χ3v) is 5.55. The largest absolute Gasteiger partial charge is 0.457 e. The van der Waals surface area contributed by atoms with E-state index in [0.717, 1.165) is 31.5 Å². The van der Waals surface area contributed by atoms with Crippen molar-refractivity contribution in [2.24, 2.45) is 5.92 Å². The predicted molar refractivity (Wildman–Crippen MR) is 108 cm³/mol. The van der Waals surface area contributed by atoms with Crippen LogP contribution in [-0.2, 0) is 4.84 Å². The lowest BCUT2D eigenvalue weighted by molar-refractivity contribution is -0.0713. The molecule has 5 rings (SSSR count). The van der Waals surface area contributed by atoms with Crippen molar-refractivity contribution in [1.29, 1.82) is 0 Å². The second-order valence-electron chi connectivity index (χ2n) is 7.51. The molecule has 2 N–H and O–H groups in total. The lowest BCUT2D eigenvalue weighted by atomic mass is 9.76. The molecule has 3 heterocycles. The molecule has 3 fully saturated rings. The average molecular weight is 392 g/mol. The minimum atomic E-state index is -0.900. The van der Waals surface area contributed by atoms with E-state index in [1.54, 1.807) is 24.3 Å². The summed E-state index contributed by atoms with van der Waals surface area (Å²) < 4.78 is 5.82. The highest BCUT2D eigenvalue weighted by Gasteiger charge is 2.44. The van der Waals surface area contributed by atoms with Gasteiger partial charge in [-0.1, -0.05) is 11.8 Å². The molecular weight excluding hydrogens is 368 g/mol. The van der Waals surface area contributed by atoms with E-state index in [2.05, 4.69) is 27.1 Å². The Morgan fingerprint density at radius 3 is 2.28 bits per heavy atom. The first kappa shape index (κ1) is 19.5. The highest BCUT2D eigenvalue weighted by Crippen LogP contribution is 2.35. The SMILES string of the molecule is CONC(=O)c1ccc(Oc2ccc(C#C[C@]3(O)CN4CCC3CC4)cc2)cc1. The zero-order valence-corrected chi connectivity index (χ0v) is 16.4. The lowest BCUT2D eigenvalue weighted by Gasteiger charge is -2.47. The second-order valence-corrected chi connectivity index (χ2v) is 7.51. The molecule has 3 aliphatic heterocycles. The van der Waals surface area contributed by atoms with E-state index >= 15 is 0 Å². The van der Waals surface area contributed by atoms with Crippen LogP contribution in [0, 0.1) is 17.8 Å². The van der Waals surface area contributed by atoms with Gasteiger partial charge in [-0.15, -0.1) is 0 Å². The molecule has 3 aliphatic rings. The number of benzene rings is 2. The molecule has 2 aromatic carbocycles. The Hall–Kier alpha value is -2.85. The number of carbonyl (C=O) groups excluding carboxylic acids is 1. The van der Waals surface area contributed by atoms with Crippen molar-refractivity contribution in [1.82, 2.24) is 10.4 Å². The van der Waals surface area contributed by atoms with Crippen molar-refractivity contribution in [2.45, 2.75) is 18.4 Å². The van der Waals surface area contributed by atoms with Gasteiger partial charge < -0.3 is 9.84 Å². The summed E-state index contributed by atoms with van der Waals surface area (Å²) in [6.07, 6.45) is 2.04. The van der Waals surface area contributed by atoms with Gasteiger partial charge in [-0.05, 0) is 74.5 Å². The zero-order chi connectivity index (χ0) is 20.3. The third-order valence-electron chi connectivity index (χ3n) is 5.55. The van der Waals surface area contributed by atoms with Gasteiger partial charge in [0.05, 0.1) is 7.11 Å². The molecule has 0 aliphatic carbocycles. The van der Waals surface area contributed by atoms with Gasteiger partial charge >= 0.3 is 0 Å². The fourth-order valence-electron chi connectivity index (χ4n) is 3.93. The monoisotopic (exact) mass is 392 g/mol. The molecule has 150 valence electrons. The molecule has 0 aromatic heterocycles. The van der Waals surface area contributed by atoms with Gasteiger partial charge in [0.15, 0.2) is 0 Å². The van der Waals surface area contributed by atoms with Gasteiger partial charge in [0.1, 0.15) is 17.1 Å². The number of nitrogens with one attached hydrogen (secondary N) is 1. The topological polar surface area (TPSA) is 71.0 Å². The number of ether oxygens (including phenoxy) is 1. The summed E-state index contributed by atoms with van der Waals surface area (Å²) in [6, 6.07) is 14.2. The van der Waals surface area contributed by atoms with Crippen LogP contribution in [0.5, 0.6) is 11.5 Å². The number of carbonyl (C=O) groups is 1. The summed E-state index contributed by atoms with van der Waals surface area (Å²) in [4.78, 5) is 18.6. The van der Waals surface area contributed by atoms with Crippen LogP contribution in [0.15, 0.2) is 48.5 Å². The van der Waals surface area contributed by atoms with E-state index in [1.807, 2.05) is 24.3 Å². The first-order chi connectivity index (χ1) is 14.1. The Bertz CT molecular complexity index is 922. The highest BCUT2D eigenvalue weighted by molar-refractivity contribution is 5.93. The van der Waals surface area contributed by atoms with Crippen molar-refractivity contribution in [3.05, 3.63) is 59.7 Å². The molecular formula is C23H24N2O4. The van der Waals surface area contributed by atoms with Crippen LogP contribution in [0.3, 0.4) is 0 Å². The highest BCUT2D eigenvalue weighted by atomic mass is 16.6. The smallest absolute Gasteiger partial charge is 0.274 e. The van der Waals surface area contributed by atoms with Crippen LogP contribution in [0.2, 0.25) is 0 Å². The van der Waals surface area contributed by atoms with Crippen molar-refractivity contribution in [3.63, 3.8) is 0 Å². The molecule has 1 atom stereocenters. The maximum absolute atomic E-state index is 11.7. The predicted octanol–water partition coefficient (Wildman–Crippen LogP) is 2.58. The molecule has 2 aromatic rings. The Morgan fingerprint density at radius 1 is 1.10 bits per heavy atom. The maximum atomic E-state index is 11.7. The first-order valence-corrected chi connectivity index (χ1v) is 9.75. The number of aliphatic hydroxyl groups is 1. The van der Waals surface area contributed by atoms with E-state index in [4.69, 9.17) is 4.74 Å². The van der Waals surface area contributed by atoms with Crippen LogP contribution in [0.1, 0.15) is 28.8 Å². The van der Waals surface area contributed by atoms with Crippen LogP contribution in [0.25, 0.3) is 0 Å². The first-order valence-electron chi connectivity index (χ1n) is 9.75. The lowest BCUT2D eigenvalue weighted by Crippen LogP contribution is -2.58. The molecule has 29 heavy (non-hydrogen) atoms. The number of amides is 1. The summed E-state index contributed by atoms with van der Waals surface area (Å²) in [7, 11) is 1.39. The molecule has 0 radical (unpaired) electrons. The fourth-order valence-corrected chi connectivity index (χ4v) is 3.93. The molecule has 0 saturated carbocycles. The quantitative estimate of drug-likeness (QED) is 0.618. The van der Waals surface area contributed by atoms with E-state index in [1.165, 1.54) is 7.11 Å². The van der Waals surface area contributed by atoms with Gasteiger partial charge in [-0.25, -0.2) is 5.48 Å². The molecule has 6 heteroatoms. The molecule has 3 saturated heterocycles. The fraction of sp³-hybridized carbons (Fsp3) is 0.348. The second kappa shape index (κ2) is 8.26. The van der Waals surface area contributed by atoms with Gasteiger partial charge in [-0.2, -0.15) is 0 Å². The molecule has 1 amide bonds. The minimum Gasteiger partial charge on any atom is -0.457 e. The van der Waals surface area contributed by atoms with Crippen LogP contribution in [-0.4, -0.2) is 48.3 Å². The number of fused-ring (bicyclic) bond motifs is 3. The van der Waals surface area contributed by atoms with E-state index in [9.17, 15) is 9.90 Å². The third kappa shape index (κ3) is 4.43. The van der Waals surface area contributed by atoms with Gasteiger partial charge in [0.2, 0.25) is 0 Å². The zero-order valence-electron chi connectivity index (χ0n) is 16.4. The molecule has 6 nitrogen and oxygen atoms in total. The summed E-state index contributed by atoms with van der Waals surface area (Å²) in [5, 5.41) is 10.9. The Balaban J connectivity index is 1.39. The molecule has 2 bridgehead atoms. The number of hydrogen-bond donors (Lipinski definition) is 2. The Morgan fingerprint density at radius 2 is 1.72 bits per heavy atom. The van der Waals surface area contributed by atoms with Gasteiger partial charge in [0.25, 0.3) is 5.91 Å². The number of piperidine rings is 3. The number of hydroxylamine groups is 1. The minimum absolute atomic E-state index is 0.275. The van der Waals surface area contributed by atoms with E-state index < -0.39 is 5.60 Å². The Labute approximate surface area is 170 Å². The van der Waals surface area contributed by atoms with Crippen LogP contribution in [0.4, 0.5) is 0 Å². The Kier molecular flexibility index (Phi) is 5.54. The van der Waals surface area contributed by atoms with Crippen LogP contribution >= 0.6 is 0 Å². The summed E-state index contributed by atoms with van der Waals surface area (Å²) in [6.45, 7) is 2.78. The summed E-state index contributed by atoms with van der Waals surface area (Å²) in [5.41, 5.74) is 2.69.